The molecule has 0 aromatic heterocycles. The van der Waals surface area contributed by atoms with Crippen molar-refractivity contribution in [2.24, 2.45) is 28.6 Å². The SMILES string of the molecule is CC1(C)CCC[C@](C)(C(=O)O)[C@@H]2CC[C@@H](C(=O)O)[C@@H]21. The van der Waals surface area contributed by atoms with Gasteiger partial charge in [-0.25, -0.2) is 0 Å². The molecule has 2 fully saturated rings. The Morgan fingerprint density at radius 2 is 1.68 bits per heavy atom. The highest BCUT2D eigenvalue weighted by atomic mass is 16.4. The Morgan fingerprint density at radius 1 is 1.05 bits per heavy atom. The first kappa shape index (κ1) is 14.4. The lowest BCUT2D eigenvalue weighted by Crippen LogP contribution is -2.42. The van der Waals surface area contributed by atoms with Crippen LogP contribution in [0.1, 0.15) is 52.9 Å². The van der Waals surface area contributed by atoms with Gasteiger partial charge >= 0.3 is 11.9 Å². The summed E-state index contributed by atoms with van der Waals surface area (Å²) in [5, 5.41) is 19.1. The molecule has 0 aromatic rings. The Hall–Kier alpha value is -1.06. The predicted molar refractivity (Wildman–Crippen MR) is 70.7 cm³/mol. The van der Waals surface area contributed by atoms with Crippen molar-refractivity contribution in [1.82, 2.24) is 0 Å². The quantitative estimate of drug-likeness (QED) is 0.807. The molecule has 108 valence electrons. The van der Waals surface area contributed by atoms with E-state index in [1.165, 1.54) is 0 Å². The van der Waals surface area contributed by atoms with Gasteiger partial charge in [-0.05, 0) is 49.9 Å². The average molecular weight is 268 g/mol. The molecule has 2 rings (SSSR count). The maximum Gasteiger partial charge on any atom is 0.309 e. The van der Waals surface area contributed by atoms with Gasteiger partial charge in [-0.2, -0.15) is 0 Å². The monoisotopic (exact) mass is 268 g/mol. The molecular weight excluding hydrogens is 244 g/mol. The number of rotatable bonds is 2. The summed E-state index contributed by atoms with van der Waals surface area (Å²) in [6.45, 7) is 6.04. The molecule has 2 aliphatic carbocycles. The highest BCUT2D eigenvalue weighted by molar-refractivity contribution is 5.76. The van der Waals surface area contributed by atoms with E-state index < -0.39 is 17.4 Å². The summed E-state index contributed by atoms with van der Waals surface area (Å²) < 4.78 is 0. The lowest BCUT2D eigenvalue weighted by Gasteiger charge is -2.40. The van der Waals surface area contributed by atoms with Crippen LogP contribution in [-0.4, -0.2) is 22.2 Å². The number of hydrogen-bond donors (Lipinski definition) is 2. The van der Waals surface area contributed by atoms with Gasteiger partial charge < -0.3 is 10.2 Å². The molecule has 2 aliphatic rings. The molecule has 0 unspecified atom stereocenters. The van der Waals surface area contributed by atoms with E-state index in [1.807, 2.05) is 6.92 Å². The molecule has 2 N–H and O–H groups in total. The molecule has 0 aliphatic heterocycles. The molecule has 0 saturated heterocycles. The molecule has 0 spiro atoms. The van der Waals surface area contributed by atoms with Gasteiger partial charge in [0.15, 0.2) is 0 Å². The summed E-state index contributed by atoms with van der Waals surface area (Å²) in [7, 11) is 0. The van der Waals surface area contributed by atoms with E-state index >= 15 is 0 Å². The third-order valence-electron chi connectivity index (χ3n) is 5.70. The van der Waals surface area contributed by atoms with Gasteiger partial charge in [0, 0.05) is 0 Å². The fraction of sp³-hybridized carbons (Fsp3) is 0.867. The number of carbonyl (C=O) groups is 2. The maximum absolute atomic E-state index is 11.7. The summed E-state index contributed by atoms with van der Waals surface area (Å²) in [4.78, 5) is 23.2. The van der Waals surface area contributed by atoms with Gasteiger partial charge in [-0.3, -0.25) is 9.59 Å². The van der Waals surface area contributed by atoms with Crippen molar-refractivity contribution < 1.29 is 19.8 Å². The minimum Gasteiger partial charge on any atom is -0.481 e. The lowest BCUT2D eigenvalue weighted by molar-refractivity contribution is -0.155. The van der Waals surface area contributed by atoms with Crippen molar-refractivity contribution in [3.8, 4) is 0 Å². The third kappa shape index (κ3) is 2.15. The smallest absolute Gasteiger partial charge is 0.309 e. The van der Waals surface area contributed by atoms with Gasteiger partial charge in [-0.1, -0.05) is 20.3 Å². The summed E-state index contributed by atoms with van der Waals surface area (Å²) in [6.07, 6.45) is 3.81. The van der Waals surface area contributed by atoms with Crippen LogP contribution in [0.5, 0.6) is 0 Å². The molecular formula is C15H24O4. The first-order valence-electron chi connectivity index (χ1n) is 7.16. The van der Waals surface area contributed by atoms with Crippen LogP contribution in [0.2, 0.25) is 0 Å². The van der Waals surface area contributed by atoms with Crippen LogP contribution in [0.25, 0.3) is 0 Å². The number of hydrogen-bond acceptors (Lipinski definition) is 2. The lowest BCUT2D eigenvalue weighted by atomic mass is 9.63. The van der Waals surface area contributed by atoms with Crippen LogP contribution in [0.3, 0.4) is 0 Å². The highest BCUT2D eigenvalue weighted by Gasteiger charge is 2.57. The van der Waals surface area contributed by atoms with E-state index in [0.717, 1.165) is 19.3 Å². The van der Waals surface area contributed by atoms with Crippen LogP contribution < -0.4 is 0 Å². The van der Waals surface area contributed by atoms with Gasteiger partial charge in [-0.15, -0.1) is 0 Å². The van der Waals surface area contributed by atoms with E-state index in [-0.39, 0.29) is 23.2 Å². The van der Waals surface area contributed by atoms with Crippen molar-refractivity contribution in [3.63, 3.8) is 0 Å². The van der Waals surface area contributed by atoms with Crippen molar-refractivity contribution >= 4 is 11.9 Å². The van der Waals surface area contributed by atoms with Crippen molar-refractivity contribution in [1.29, 1.82) is 0 Å². The maximum atomic E-state index is 11.7. The average Bonchev–Trinajstić information content (AvgIpc) is 2.69. The second-order valence-electron chi connectivity index (χ2n) is 7.22. The fourth-order valence-corrected chi connectivity index (χ4v) is 4.61. The number of carboxylic acid groups (broad SMARTS) is 2. The Bertz CT molecular complexity index is 401. The van der Waals surface area contributed by atoms with Crippen LogP contribution in [0.15, 0.2) is 0 Å². The van der Waals surface area contributed by atoms with Crippen LogP contribution in [0.4, 0.5) is 0 Å². The summed E-state index contributed by atoms with van der Waals surface area (Å²) >= 11 is 0. The Labute approximate surface area is 114 Å². The molecule has 0 bridgehead atoms. The summed E-state index contributed by atoms with van der Waals surface area (Å²) in [5.74, 6) is -1.92. The molecule has 0 radical (unpaired) electrons. The van der Waals surface area contributed by atoms with Crippen LogP contribution in [0, 0.1) is 28.6 Å². The molecule has 4 atom stereocenters. The van der Waals surface area contributed by atoms with Crippen LogP contribution >= 0.6 is 0 Å². The van der Waals surface area contributed by atoms with E-state index in [9.17, 15) is 19.8 Å². The minimum atomic E-state index is -0.761. The molecule has 2 saturated carbocycles. The highest BCUT2D eigenvalue weighted by Crippen LogP contribution is 2.59. The molecule has 0 aromatic carbocycles. The van der Waals surface area contributed by atoms with Crippen molar-refractivity contribution in [2.45, 2.75) is 52.9 Å². The number of aliphatic carboxylic acids is 2. The van der Waals surface area contributed by atoms with E-state index in [1.54, 1.807) is 0 Å². The molecule has 4 nitrogen and oxygen atoms in total. The largest absolute Gasteiger partial charge is 0.481 e. The first-order chi connectivity index (χ1) is 8.70. The zero-order valence-electron chi connectivity index (χ0n) is 12.0. The number of fused-ring (bicyclic) bond motifs is 1. The number of carboxylic acids is 2. The van der Waals surface area contributed by atoms with Gasteiger partial charge in [0.1, 0.15) is 0 Å². The zero-order valence-corrected chi connectivity index (χ0v) is 12.0. The Balaban J connectivity index is 2.45. The van der Waals surface area contributed by atoms with Crippen molar-refractivity contribution in [3.05, 3.63) is 0 Å². The summed E-state index contributed by atoms with van der Waals surface area (Å²) in [5.41, 5.74) is -0.847. The topological polar surface area (TPSA) is 74.6 Å². The molecule has 19 heavy (non-hydrogen) atoms. The molecule has 0 heterocycles. The van der Waals surface area contributed by atoms with Gasteiger partial charge in [0.25, 0.3) is 0 Å². The van der Waals surface area contributed by atoms with Gasteiger partial charge in [0.2, 0.25) is 0 Å². The van der Waals surface area contributed by atoms with Crippen LogP contribution in [-0.2, 0) is 9.59 Å². The first-order valence-corrected chi connectivity index (χ1v) is 7.16. The normalized spacial score (nSPS) is 41.3. The third-order valence-corrected chi connectivity index (χ3v) is 5.70. The Morgan fingerprint density at radius 3 is 2.21 bits per heavy atom. The molecule has 0 amide bonds. The standard InChI is InChI=1S/C15H24O4/c1-14(2)7-4-8-15(3,13(18)19)10-6-5-9(11(10)14)12(16)17/h9-11H,4-8H2,1-3H3,(H,16,17)(H,18,19)/t9-,10-,11+,15+/m1/s1. The van der Waals surface area contributed by atoms with Crippen molar-refractivity contribution in [2.75, 3.05) is 0 Å². The predicted octanol–water partition coefficient (Wildman–Crippen LogP) is 3.01. The Kier molecular flexibility index (Phi) is 3.40. The minimum absolute atomic E-state index is 0.0106. The summed E-state index contributed by atoms with van der Waals surface area (Å²) in [6, 6.07) is 0. The second-order valence-corrected chi connectivity index (χ2v) is 7.22. The zero-order chi connectivity index (χ0) is 14.4. The van der Waals surface area contributed by atoms with E-state index in [2.05, 4.69) is 13.8 Å². The van der Waals surface area contributed by atoms with Gasteiger partial charge in [0.05, 0.1) is 11.3 Å². The van der Waals surface area contributed by atoms with E-state index in [0.29, 0.717) is 12.8 Å². The van der Waals surface area contributed by atoms with E-state index in [4.69, 9.17) is 0 Å². The molecule has 4 heteroatoms. The fourth-order valence-electron chi connectivity index (χ4n) is 4.61. The second kappa shape index (κ2) is 4.50.